The van der Waals surface area contributed by atoms with E-state index in [4.69, 9.17) is 17.3 Å². The summed E-state index contributed by atoms with van der Waals surface area (Å²) in [7, 11) is 0. The Morgan fingerprint density at radius 2 is 1.75 bits per heavy atom. The third-order valence-electron chi connectivity index (χ3n) is 5.82. The van der Waals surface area contributed by atoms with Crippen molar-refractivity contribution in [2.75, 3.05) is 29.0 Å². The molecule has 3 aromatic rings. The summed E-state index contributed by atoms with van der Waals surface area (Å²) < 4.78 is 13.3. The summed E-state index contributed by atoms with van der Waals surface area (Å²) in [5.41, 5.74) is 8.11. The van der Waals surface area contributed by atoms with Gasteiger partial charge in [0, 0.05) is 36.8 Å². The standard InChI is InChI=1S/C24H28ClFN6/c25-19-6-4-18(5-7-19)16-28-24-30-22(29-23(27)31-24)15-17-3-1-2-13-32(14-12-17)21-10-8-20(26)9-11-21/h4-11,17H,1-3,12-16H2,(H3,27,28,29,30,31). The molecule has 1 aromatic heterocycles. The molecule has 1 aliphatic heterocycles. The van der Waals surface area contributed by atoms with E-state index in [-0.39, 0.29) is 11.8 Å². The Kier molecular flexibility index (Phi) is 7.37. The second-order valence-electron chi connectivity index (χ2n) is 8.23. The quantitative estimate of drug-likeness (QED) is 0.539. The third-order valence-corrected chi connectivity index (χ3v) is 6.08. The van der Waals surface area contributed by atoms with Crippen LogP contribution in [0, 0.1) is 11.7 Å². The zero-order chi connectivity index (χ0) is 22.3. The topological polar surface area (TPSA) is 80.0 Å². The van der Waals surface area contributed by atoms with Gasteiger partial charge >= 0.3 is 0 Å². The number of benzene rings is 2. The molecule has 2 heterocycles. The van der Waals surface area contributed by atoms with Crippen LogP contribution in [0.3, 0.4) is 0 Å². The maximum absolute atomic E-state index is 13.3. The highest BCUT2D eigenvalue weighted by Gasteiger charge is 2.18. The number of nitrogens with two attached hydrogens (primary N) is 1. The van der Waals surface area contributed by atoms with Gasteiger partial charge < -0.3 is 16.0 Å². The van der Waals surface area contributed by atoms with Crippen molar-refractivity contribution < 1.29 is 4.39 Å². The molecule has 0 spiro atoms. The lowest BCUT2D eigenvalue weighted by Crippen LogP contribution is -2.30. The predicted octanol–water partition coefficient (Wildman–Crippen LogP) is 5.10. The summed E-state index contributed by atoms with van der Waals surface area (Å²) >= 11 is 5.95. The summed E-state index contributed by atoms with van der Waals surface area (Å²) in [4.78, 5) is 15.6. The average molecular weight is 455 g/mol. The van der Waals surface area contributed by atoms with Crippen LogP contribution in [0.4, 0.5) is 22.0 Å². The molecule has 0 radical (unpaired) electrons. The van der Waals surface area contributed by atoms with Gasteiger partial charge in [-0.2, -0.15) is 15.0 Å². The normalized spacial score (nSPS) is 16.9. The lowest BCUT2D eigenvalue weighted by molar-refractivity contribution is 0.399. The fourth-order valence-electron chi connectivity index (χ4n) is 4.09. The number of nitrogens with one attached hydrogen (secondary N) is 1. The zero-order valence-electron chi connectivity index (χ0n) is 18.0. The predicted molar refractivity (Wildman–Crippen MR) is 127 cm³/mol. The maximum atomic E-state index is 13.3. The molecule has 1 atom stereocenters. The second-order valence-corrected chi connectivity index (χ2v) is 8.67. The van der Waals surface area contributed by atoms with Crippen LogP contribution in [0.15, 0.2) is 48.5 Å². The van der Waals surface area contributed by atoms with E-state index in [1.807, 2.05) is 36.4 Å². The van der Waals surface area contributed by atoms with E-state index in [0.717, 1.165) is 62.3 Å². The van der Waals surface area contributed by atoms with Crippen molar-refractivity contribution in [1.82, 2.24) is 15.0 Å². The van der Waals surface area contributed by atoms with Crippen LogP contribution in [-0.4, -0.2) is 28.0 Å². The molecule has 1 saturated heterocycles. The van der Waals surface area contributed by atoms with Gasteiger partial charge in [-0.1, -0.05) is 30.2 Å². The maximum Gasteiger partial charge on any atom is 0.228 e. The number of hydrogen-bond acceptors (Lipinski definition) is 6. The molecule has 0 bridgehead atoms. The van der Waals surface area contributed by atoms with E-state index < -0.39 is 0 Å². The van der Waals surface area contributed by atoms with Crippen molar-refractivity contribution in [3.05, 3.63) is 70.8 Å². The molecule has 8 heteroatoms. The first-order chi connectivity index (χ1) is 15.5. The molecule has 32 heavy (non-hydrogen) atoms. The van der Waals surface area contributed by atoms with E-state index in [1.54, 1.807) is 0 Å². The van der Waals surface area contributed by atoms with E-state index in [0.29, 0.717) is 23.4 Å². The van der Waals surface area contributed by atoms with Gasteiger partial charge in [-0.05, 0) is 67.1 Å². The minimum absolute atomic E-state index is 0.202. The smallest absolute Gasteiger partial charge is 0.228 e. The fourth-order valence-corrected chi connectivity index (χ4v) is 4.22. The summed E-state index contributed by atoms with van der Waals surface area (Å²) in [6.45, 7) is 2.50. The summed E-state index contributed by atoms with van der Waals surface area (Å²) in [5.74, 6) is 1.69. The number of hydrogen-bond donors (Lipinski definition) is 2. The van der Waals surface area contributed by atoms with E-state index in [1.165, 1.54) is 12.1 Å². The molecule has 1 fully saturated rings. The third kappa shape index (κ3) is 6.29. The Morgan fingerprint density at radius 1 is 0.969 bits per heavy atom. The Morgan fingerprint density at radius 3 is 2.53 bits per heavy atom. The summed E-state index contributed by atoms with van der Waals surface area (Å²) in [6.07, 6.45) is 5.18. The van der Waals surface area contributed by atoms with Crippen LogP contribution in [0.5, 0.6) is 0 Å². The molecule has 3 N–H and O–H groups in total. The number of nitrogens with zero attached hydrogens (tertiary/aromatic N) is 4. The molecular weight excluding hydrogens is 427 g/mol. The molecule has 4 rings (SSSR count). The minimum Gasteiger partial charge on any atom is -0.372 e. The lowest BCUT2D eigenvalue weighted by atomic mass is 9.92. The Bertz CT molecular complexity index is 1010. The van der Waals surface area contributed by atoms with E-state index in [9.17, 15) is 4.39 Å². The van der Waals surface area contributed by atoms with Gasteiger partial charge in [0.1, 0.15) is 11.6 Å². The van der Waals surface area contributed by atoms with Crippen LogP contribution < -0.4 is 16.0 Å². The number of nitrogen functional groups attached to an aromatic ring is 1. The molecule has 1 aliphatic rings. The molecule has 1 unspecified atom stereocenters. The van der Waals surface area contributed by atoms with Crippen LogP contribution in [0.25, 0.3) is 0 Å². The van der Waals surface area contributed by atoms with Crippen LogP contribution in [0.2, 0.25) is 5.02 Å². The minimum atomic E-state index is -0.202. The first-order valence-corrected chi connectivity index (χ1v) is 11.4. The highest BCUT2D eigenvalue weighted by Crippen LogP contribution is 2.25. The highest BCUT2D eigenvalue weighted by atomic mass is 35.5. The van der Waals surface area contributed by atoms with Gasteiger partial charge in [-0.3, -0.25) is 0 Å². The van der Waals surface area contributed by atoms with Crippen molar-refractivity contribution in [2.24, 2.45) is 5.92 Å². The van der Waals surface area contributed by atoms with Gasteiger partial charge in [-0.15, -0.1) is 0 Å². The van der Waals surface area contributed by atoms with Gasteiger partial charge in [0.05, 0.1) is 0 Å². The van der Waals surface area contributed by atoms with Crippen molar-refractivity contribution in [2.45, 2.75) is 38.6 Å². The Labute approximate surface area is 193 Å². The Hall–Kier alpha value is -2.93. The van der Waals surface area contributed by atoms with Gasteiger partial charge in [0.2, 0.25) is 11.9 Å². The van der Waals surface area contributed by atoms with Crippen molar-refractivity contribution in [3.8, 4) is 0 Å². The molecular formula is C24H28ClFN6. The Balaban J connectivity index is 1.37. The van der Waals surface area contributed by atoms with E-state index in [2.05, 4.69) is 25.2 Å². The highest BCUT2D eigenvalue weighted by molar-refractivity contribution is 6.30. The zero-order valence-corrected chi connectivity index (χ0v) is 18.7. The van der Waals surface area contributed by atoms with Gasteiger partial charge in [0.25, 0.3) is 0 Å². The molecule has 0 saturated carbocycles. The molecule has 0 aliphatic carbocycles. The second kappa shape index (κ2) is 10.6. The van der Waals surface area contributed by atoms with Crippen molar-refractivity contribution in [1.29, 1.82) is 0 Å². The average Bonchev–Trinajstić information content (AvgIpc) is 2.76. The van der Waals surface area contributed by atoms with Gasteiger partial charge in [0.15, 0.2) is 0 Å². The molecule has 0 amide bonds. The first kappa shape index (κ1) is 22.3. The molecule has 6 nitrogen and oxygen atoms in total. The SMILES string of the molecule is Nc1nc(CC2CCCCN(c3ccc(F)cc3)CC2)nc(NCc2ccc(Cl)cc2)n1. The van der Waals surface area contributed by atoms with Crippen LogP contribution in [-0.2, 0) is 13.0 Å². The van der Waals surface area contributed by atoms with Gasteiger partial charge in [-0.25, -0.2) is 4.39 Å². The number of rotatable bonds is 6. The van der Waals surface area contributed by atoms with Crippen molar-refractivity contribution in [3.63, 3.8) is 0 Å². The monoisotopic (exact) mass is 454 g/mol. The van der Waals surface area contributed by atoms with Crippen molar-refractivity contribution >= 4 is 29.2 Å². The number of anilines is 3. The fraction of sp³-hybridized carbons (Fsp3) is 0.375. The molecule has 2 aromatic carbocycles. The molecule has 168 valence electrons. The number of aromatic nitrogens is 3. The largest absolute Gasteiger partial charge is 0.372 e. The number of halogens is 2. The summed E-state index contributed by atoms with van der Waals surface area (Å²) in [5, 5.41) is 3.94. The lowest BCUT2D eigenvalue weighted by Gasteiger charge is -2.30. The van der Waals surface area contributed by atoms with Crippen LogP contribution >= 0.6 is 11.6 Å². The first-order valence-electron chi connectivity index (χ1n) is 11.0. The summed E-state index contributed by atoms with van der Waals surface area (Å²) in [6, 6.07) is 14.4. The van der Waals surface area contributed by atoms with E-state index >= 15 is 0 Å². The van der Waals surface area contributed by atoms with Crippen LogP contribution in [0.1, 0.15) is 37.1 Å².